The van der Waals surface area contributed by atoms with Crippen LogP contribution in [0.15, 0.2) is 180 Å². The molecule has 0 aliphatic heterocycles. The number of hydrogen-bond donors (Lipinski definition) is 0. The molecule has 0 unspecified atom stereocenters. The first-order chi connectivity index (χ1) is 25.4. The minimum Gasteiger partial charge on any atom is -0.343 e. The third-order valence-electron chi connectivity index (χ3n) is 10.8. The van der Waals surface area contributed by atoms with Crippen LogP contribution in [0.5, 0.6) is 0 Å². The predicted molar refractivity (Wildman–Crippen MR) is 221 cm³/mol. The summed E-state index contributed by atoms with van der Waals surface area (Å²) in [6, 6.07) is 51.8. The maximum atomic E-state index is 4.30. The Balaban J connectivity index is 0.000000142. The van der Waals surface area contributed by atoms with Crippen LogP contribution >= 0.6 is 0 Å². The Bertz CT molecular complexity index is 2860. The number of aryl methyl sites for hydroxylation is 1. The molecule has 0 saturated heterocycles. The van der Waals surface area contributed by atoms with Crippen molar-refractivity contribution in [3.8, 4) is 11.4 Å². The number of rotatable bonds is 5. The lowest BCUT2D eigenvalue weighted by atomic mass is 9.83. The number of nitrogens with zero attached hydrogens (tertiary/aromatic N) is 4. The number of aromatic nitrogens is 3. The number of allylic oxidation sites excluding steroid dienone is 3. The molecule has 1 aliphatic carbocycles. The van der Waals surface area contributed by atoms with Crippen LogP contribution in [0.1, 0.15) is 19.4 Å². The minimum absolute atomic E-state index is 0.0116. The minimum atomic E-state index is -0.0116. The van der Waals surface area contributed by atoms with Crippen LogP contribution in [-0.4, -0.2) is 20.4 Å². The highest BCUT2D eigenvalue weighted by Gasteiger charge is 2.28. The summed E-state index contributed by atoms with van der Waals surface area (Å²) in [5.41, 5.74) is 12.4. The number of para-hydroxylation sites is 5. The average molecular weight is 673 g/mol. The molecule has 0 radical (unpaired) electrons. The standard InChI is InChI=1S/C27H24N2.C21H16N2/c1-27(2)17-16-24(28-3)23(27)18-19-10-9-14-22-21-13-7-8-15-25(21)29(26(19)22)20-11-5-4-6-12-20;1-22-19-10-6-5-9-16(19)17-11-12-20-18(21(17)22)13-14-23(20)15-7-3-2-4-8-15/h4-17H,3,18H2,1-2H3;2-14H,1H3. The molecule has 0 fully saturated rings. The number of benzene rings is 6. The van der Waals surface area contributed by atoms with Crippen molar-refractivity contribution in [3.05, 3.63) is 181 Å². The van der Waals surface area contributed by atoms with Crippen LogP contribution < -0.4 is 0 Å². The van der Waals surface area contributed by atoms with E-state index in [9.17, 15) is 0 Å². The van der Waals surface area contributed by atoms with E-state index in [0.717, 1.165) is 12.1 Å². The lowest BCUT2D eigenvalue weighted by molar-refractivity contribution is 0.572. The first-order valence-corrected chi connectivity index (χ1v) is 17.9. The van der Waals surface area contributed by atoms with Gasteiger partial charge in [0.25, 0.3) is 0 Å². The van der Waals surface area contributed by atoms with Crippen molar-refractivity contribution in [2.45, 2.75) is 20.3 Å². The van der Waals surface area contributed by atoms with E-state index in [0.29, 0.717) is 0 Å². The summed E-state index contributed by atoms with van der Waals surface area (Å²) in [6.45, 7) is 8.31. The summed E-state index contributed by atoms with van der Waals surface area (Å²) in [4.78, 5) is 4.30. The van der Waals surface area contributed by atoms with Gasteiger partial charge in [-0.05, 0) is 78.9 Å². The van der Waals surface area contributed by atoms with Crippen LogP contribution in [0, 0.1) is 5.41 Å². The molecule has 0 bridgehead atoms. The first-order valence-electron chi connectivity index (χ1n) is 17.9. The summed E-state index contributed by atoms with van der Waals surface area (Å²) in [6.07, 6.45) is 7.36. The average Bonchev–Trinajstić information content (AvgIpc) is 3.93. The lowest BCUT2D eigenvalue weighted by Gasteiger charge is -2.22. The Kier molecular flexibility index (Phi) is 7.55. The molecule has 6 aromatic carbocycles. The Morgan fingerprint density at radius 3 is 1.90 bits per heavy atom. The van der Waals surface area contributed by atoms with Gasteiger partial charge in [-0.2, -0.15) is 0 Å². The van der Waals surface area contributed by atoms with Gasteiger partial charge in [0, 0.05) is 62.5 Å². The van der Waals surface area contributed by atoms with Gasteiger partial charge >= 0.3 is 0 Å². The van der Waals surface area contributed by atoms with Gasteiger partial charge in [-0.3, -0.25) is 4.99 Å². The molecule has 0 saturated carbocycles. The van der Waals surface area contributed by atoms with Gasteiger partial charge in [-0.1, -0.05) is 117 Å². The van der Waals surface area contributed by atoms with E-state index >= 15 is 0 Å². The zero-order valence-electron chi connectivity index (χ0n) is 29.8. The smallest absolute Gasteiger partial charge is 0.0623 e. The fourth-order valence-electron chi connectivity index (χ4n) is 8.26. The Morgan fingerprint density at radius 1 is 0.558 bits per heavy atom. The molecule has 0 spiro atoms. The Labute approximate surface area is 303 Å². The molecule has 9 aromatic rings. The van der Waals surface area contributed by atoms with E-state index in [2.05, 4.69) is 210 Å². The van der Waals surface area contributed by atoms with Crippen molar-refractivity contribution in [1.82, 2.24) is 13.7 Å². The molecule has 3 heterocycles. The second-order valence-corrected chi connectivity index (χ2v) is 14.2. The molecule has 252 valence electrons. The monoisotopic (exact) mass is 672 g/mol. The molecular formula is C48H40N4. The van der Waals surface area contributed by atoms with Crippen LogP contribution in [0.3, 0.4) is 0 Å². The van der Waals surface area contributed by atoms with E-state index in [1.807, 2.05) is 0 Å². The van der Waals surface area contributed by atoms with Crippen molar-refractivity contribution < 1.29 is 0 Å². The van der Waals surface area contributed by atoms with Gasteiger partial charge in [0.1, 0.15) is 0 Å². The Morgan fingerprint density at radius 2 is 1.17 bits per heavy atom. The number of fused-ring (bicyclic) bond motifs is 8. The molecule has 0 amide bonds. The molecule has 3 aromatic heterocycles. The van der Waals surface area contributed by atoms with E-state index in [1.54, 1.807) is 0 Å². The van der Waals surface area contributed by atoms with Gasteiger partial charge in [0.05, 0.1) is 27.8 Å². The lowest BCUT2D eigenvalue weighted by Crippen LogP contribution is -2.12. The van der Waals surface area contributed by atoms with Gasteiger partial charge in [0.15, 0.2) is 0 Å². The SMILES string of the molecule is C=NC1=C(Cc2cccc3c4ccccc4n(-c4ccccc4)c23)C(C)(C)C=C1.Cn1c2ccccc2c2ccc3c(ccn3-c3ccccc3)c21. The molecule has 0 N–H and O–H groups in total. The largest absolute Gasteiger partial charge is 0.343 e. The normalized spacial score (nSPS) is 13.8. The zero-order chi connectivity index (χ0) is 35.4. The molecule has 4 nitrogen and oxygen atoms in total. The molecule has 0 atom stereocenters. The fraction of sp³-hybridized carbons (Fsp3) is 0.104. The van der Waals surface area contributed by atoms with Crippen molar-refractivity contribution in [2.24, 2.45) is 17.5 Å². The fourth-order valence-corrected chi connectivity index (χ4v) is 8.26. The van der Waals surface area contributed by atoms with Crippen molar-refractivity contribution in [3.63, 3.8) is 0 Å². The van der Waals surface area contributed by atoms with Gasteiger partial charge < -0.3 is 13.7 Å². The van der Waals surface area contributed by atoms with Crippen LogP contribution in [0.2, 0.25) is 0 Å². The zero-order valence-corrected chi connectivity index (χ0v) is 29.8. The third kappa shape index (κ3) is 5.02. The topological polar surface area (TPSA) is 27.1 Å². The van der Waals surface area contributed by atoms with Crippen LogP contribution in [-0.2, 0) is 13.5 Å². The molecular weight excluding hydrogens is 633 g/mol. The molecule has 10 rings (SSSR count). The first kappa shape index (κ1) is 31.6. The number of hydrogen-bond acceptors (Lipinski definition) is 1. The maximum Gasteiger partial charge on any atom is 0.0623 e. The maximum absolute atomic E-state index is 4.30. The van der Waals surface area contributed by atoms with Crippen molar-refractivity contribution >= 4 is 61.2 Å². The highest BCUT2D eigenvalue weighted by molar-refractivity contribution is 6.17. The molecule has 4 heteroatoms. The van der Waals surface area contributed by atoms with E-state index in [1.165, 1.54) is 77.0 Å². The highest BCUT2D eigenvalue weighted by Crippen LogP contribution is 2.42. The molecule has 52 heavy (non-hydrogen) atoms. The summed E-state index contributed by atoms with van der Waals surface area (Å²) in [7, 11) is 2.16. The molecule has 1 aliphatic rings. The van der Waals surface area contributed by atoms with Crippen LogP contribution in [0.25, 0.3) is 65.9 Å². The van der Waals surface area contributed by atoms with Gasteiger partial charge in [0.2, 0.25) is 0 Å². The van der Waals surface area contributed by atoms with Gasteiger partial charge in [-0.15, -0.1) is 0 Å². The second kappa shape index (κ2) is 12.4. The quantitative estimate of drug-likeness (QED) is 0.163. The summed E-state index contributed by atoms with van der Waals surface area (Å²) < 4.78 is 6.96. The van der Waals surface area contributed by atoms with E-state index in [-0.39, 0.29) is 5.41 Å². The predicted octanol–water partition coefficient (Wildman–Crippen LogP) is 12.2. The Hall–Kier alpha value is -6.39. The summed E-state index contributed by atoms with van der Waals surface area (Å²) in [5.74, 6) is 0. The third-order valence-corrected chi connectivity index (χ3v) is 10.8. The second-order valence-electron chi connectivity index (χ2n) is 14.2. The number of aliphatic imine (C=N–C) groups is 1. The van der Waals surface area contributed by atoms with E-state index in [4.69, 9.17) is 0 Å². The highest BCUT2D eigenvalue weighted by atomic mass is 15.0. The summed E-state index contributed by atoms with van der Waals surface area (Å²) in [5, 5.41) is 6.51. The van der Waals surface area contributed by atoms with Crippen LogP contribution in [0.4, 0.5) is 0 Å². The van der Waals surface area contributed by atoms with Crippen molar-refractivity contribution in [1.29, 1.82) is 0 Å². The van der Waals surface area contributed by atoms with E-state index < -0.39 is 0 Å². The summed E-state index contributed by atoms with van der Waals surface area (Å²) >= 11 is 0. The van der Waals surface area contributed by atoms with Crippen molar-refractivity contribution in [2.75, 3.05) is 0 Å². The van der Waals surface area contributed by atoms with Gasteiger partial charge in [-0.25, -0.2) is 0 Å².